The largest absolute Gasteiger partial charge is 0.459 e. The van der Waals surface area contributed by atoms with Crippen molar-refractivity contribution in [2.45, 2.75) is 25.6 Å². The van der Waals surface area contributed by atoms with E-state index < -0.39 is 18.5 Å². The number of ether oxygens (including phenoxy) is 1. The summed E-state index contributed by atoms with van der Waals surface area (Å²) in [6, 6.07) is 1.49. The van der Waals surface area contributed by atoms with Gasteiger partial charge in [0.15, 0.2) is 5.76 Å². The maximum atomic E-state index is 11.8. The van der Waals surface area contributed by atoms with Crippen molar-refractivity contribution in [1.82, 2.24) is 5.43 Å². The number of hydrazine groups is 1. The maximum absolute atomic E-state index is 11.8. The molecule has 0 aliphatic heterocycles. The van der Waals surface area contributed by atoms with Crippen molar-refractivity contribution in [3.8, 4) is 0 Å². The molecular weight excluding hydrogens is 253 g/mol. The first-order valence-electron chi connectivity index (χ1n) is 5.16. The summed E-state index contributed by atoms with van der Waals surface area (Å²) >= 11 is 0. The van der Waals surface area contributed by atoms with Gasteiger partial charge in [-0.2, -0.15) is 13.2 Å². The average Bonchev–Trinajstić information content (AvgIpc) is 2.74. The van der Waals surface area contributed by atoms with Crippen LogP contribution in [0, 0.1) is 0 Å². The van der Waals surface area contributed by atoms with Crippen molar-refractivity contribution in [3.63, 3.8) is 0 Å². The molecule has 0 aliphatic rings. The SMILES string of the molecule is NNC(=O)c1occc1COCCCC(F)(F)F. The fourth-order valence-electron chi connectivity index (χ4n) is 1.27. The van der Waals surface area contributed by atoms with Crippen LogP contribution >= 0.6 is 0 Å². The number of hydrogen-bond acceptors (Lipinski definition) is 4. The van der Waals surface area contributed by atoms with Crippen LogP contribution in [-0.2, 0) is 11.3 Å². The van der Waals surface area contributed by atoms with Crippen LogP contribution in [-0.4, -0.2) is 18.7 Å². The molecule has 0 aliphatic carbocycles. The molecule has 0 radical (unpaired) electrons. The van der Waals surface area contributed by atoms with E-state index in [1.807, 2.05) is 5.43 Å². The Bertz CT molecular complexity index is 390. The molecule has 0 unspecified atom stereocenters. The monoisotopic (exact) mass is 266 g/mol. The van der Waals surface area contributed by atoms with Gasteiger partial charge in [0.2, 0.25) is 0 Å². The number of amides is 1. The van der Waals surface area contributed by atoms with E-state index in [-0.39, 0.29) is 25.4 Å². The van der Waals surface area contributed by atoms with Crippen LogP contribution in [0.4, 0.5) is 13.2 Å². The van der Waals surface area contributed by atoms with E-state index in [0.717, 1.165) is 0 Å². The third kappa shape index (κ3) is 4.76. The first-order valence-corrected chi connectivity index (χ1v) is 5.16. The number of hydrogen-bond donors (Lipinski definition) is 2. The number of furan rings is 1. The molecule has 1 aromatic heterocycles. The van der Waals surface area contributed by atoms with E-state index in [4.69, 9.17) is 15.0 Å². The summed E-state index contributed by atoms with van der Waals surface area (Å²) in [6.45, 7) is -0.0501. The summed E-state index contributed by atoms with van der Waals surface area (Å²) in [7, 11) is 0. The molecule has 8 heteroatoms. The smallest absolute Gasteiger partial charge is 0.389 e. The first-order chi connectivity index (χ1) is 8.44. The van der Waals surface area contributed by atoms with E-state index in [1.165, 1.54) is 12.3 Å². The van der Waals surface area contributed by atoms with Crippen molar-refractivity contribution in [2.75, 3.05) is 6.61 Å². The molecule has 1 rings (SSSR count). The minimum Gasteiger partial charge on any atom is -0.459 e. The fraction of sp³-hybridized carbons (Fsp3) is 0.500. The molecule has 3 N–H and O–H groups in total. The van der Waals surface area contributed by atoms with Crippen molar-refractivity contribution in [1.29, 1.82) is 0 Å². The van der Waals surface area contributed by atoms with Gasteiger partial charge < -0.3 is 9.15 Å². The fourth-order valence-corrected chi connectivity index (χ4v) is 1.27. The predicted molar refractivity (Wildman–Crippen MR) is 55.3 cm³/mol. The molecule has 0 aromatic carbocycles. The second kappa shape index (κ2) is 6.41. The van der Waals surface area contributed by atoms with Crippen LogP contribution in [0.15, 0.2) is 16.7 Å². The van der Waals surface area contributed by atoms with Gasteiger partial charge in [0.05, 0.1) is 12.9 Å². The third-order valence-electron chi connectivity index (χ3n) is 2.09. The standard InChI is InChI=1S/C10H13F3N2O3/c11-10(12,13)3-1-4-17-6-7-2-5-18-8(7)9(16)15-14/h2,5H,1,3-4,6,14H2,(H,15,16). The number of alkyl halides is 3. The van der Waals surface area contributed by atoms with Gasteiger partial charge in [-0.25, -0.2) is 5.84 Å². The van der Waals surface area contributed by atoms with Gasteiger partial charge in [0, 0.05) is 18.6 Å². The molecule has 1 heterocycles. The van der Waals surface area contributed by atoms with Gasteiger partial charge in [0.1, 0.15) is 0 Å². The van der Waals surface area contributed by atoms with Gasteiger partial charge >= 0.3 is 12.1 Å². The summed E-state index contributed by atoms with van der Waals surface area (Å²) in [4.78, 5) is 11.2. The molecule has 0 spiro atoms. The zero-order valence-corrected chi connectivity index (χ0v) is 9.42. The Morgan fingerprint density at radius 1 is 1.50 bits per heavy atom. The lowest BCUT2D eigenvalue weighted by atomic mass is 10.2. The highest BCUT2D eigenvalue weighted by Crippen LogP contribution is 2.21. The van der Waals surface area contributed by atoms with Gasteiger partial charge in [-0.15, -0.1) is 0 Å². The summed E-state index contributed by atoms with van der Waals surface area (Å²) in [5.41, 5.74) is 2.33. The maximum Gasteiger partial charge on any atom is 0.389 e. The first kappa shape index (κ1) is 14.5. The quantitative estimate of drug-likeness (QED) is 0.356. The lowest BCUT2D eigenvalue weighted by molar-refractivity contribution is -0.138. The Labute approximate surface area is 101 Å². The topological polar surface area (TPSA) is 77.5 Å². The molecule has 0 saturated heterocycles. The third-order valence-corrected chi connectivity index (χ3v) is 2.09. The molecule has 0 bridgehead atoms. The van der Waals surface area contributed by atoms with E-state index in [9.17, 15) is 18.0 Å². The van der Waals surface area contributed by atoms with Gasteiger partial charge in [-0.05, 0) is 12.5 Å². The van der Waals surface area contributed by atoms with Gasteiger partial charge in [-0.3, -0.25) is 10.2 Å². The second-order valence-electron chi connectivity index (χ2n) is 3.52. The molecule has 0 fully saturated rings. The summed E-state index contributed by atoms with van der Waals surface area (Å²) in [5, 5.41) is 0. The molecule has 102 valence electrons. The normalized spacial score (nSPS) is 11.6. The Hall–Kier alpha value is -1.54. The van der Waals surface area contributed by atoms with E-state index in [0.29, 0.717) is 5.56 Å². The molecule has 0 atom stereocenters. The van der Waals surface area contributed by atoms with Gasteiger partial charge in [-0.1, -0.05) is 0 Å². The van der Waals surface area contributed by atoms with Crippen LogP contribution in [0.3, 0.4) is 0 Å². The summed E-state index contributed by atoms with van der Waals surface area (Å²) in [6.07, 6.45) is -3.92. The summed E-state index contributed by atoms with van der Waals surface area (Å²) < 4.78 is 45.4. The Morgan fingerprint density at radius 2 is 2.22 bits per heavy atom. The van der Waals surface area contributed by atoms with E-state index >= 15 is 0 Å². The Balaban J connectivity index is 2.32. The van der Waals surface area contributed by atoms with Crippen molar-refractivity contribution in [3.05, 3.63) is 23.7 Å². The lowest BCUT2D eigenvalue weighted by Gasteiger charge is -2.06. The molecule has 5 nitrogen and oxygen atoms in total. The van der Waals surface area contributed by atoms with Crippen LogP contribution in [0.1, 0.15) is 29.0 Å². The zero-order chi connectivity index (χ0) is 13.6. The predicted octanol–water partition coefficient (Wildman–Crippen LogP) is 1.74. The van der Waals surface area contributed by atoms with Crippen molar-refractivity contribution < 1.29 is 27.1 Å². The van der Waals surface area contributed by atoms with Crippen LogP contribution in [0.2, 0.25) is 0 Å². The average molecular weight is 266 g/mol. The Kier molecular flexibility index (Phi) is 5.17. The van der Waals surface area contributed by atoms with E-state index in [2.05, 4.69) is 0 Å². The number of rotatable bonds is 6. The van der Waals surface area contributed by atoms with Crippen LogP contribution in [0.25, 0.3) is 0 Å². The number of nitrogens with two attached hydrogens (primary N) is 1. The van der Waals surface area contributed by atoms with Gasteiger partial charge in [0.25, 0.3) is 0 Å². The molecule has 1 amide bonds. The highest BCUT2D eigenvalue weighted by molar-refractivity contribution is 5.92. The molecule has 18 heavy (non-hydrogen) atoms. The van der Waals surface area contributed by atoms with Crippen molar-refractivity contribution >= 4 is 5.91 Å². The Morgan fingerprint density at radius 3 is 2.83 bits per heavy atom. The zero-order valence-electron chi connectivity index (χ0n) is 9.42. The highest BCUT2D eigenvalue weighted by atomic mass is 19.4. The molecule has 0 saturated carbocycles. The van der Waals surface area contributed by atoms with E-state index in [1.54, 1.807) is 0 Å². The van der Waals surface area contributed by atoms with Crippen LogP contribution in [0.5, 0.6) is 0 Å². The minimum absolute atomic E-state index is 0.00287. The molecular formula is C10H13F3N2O3. The van der Waals surface area contributed by atoms with Crippen LogP contribution < -0.4 is 11.3 Å². The number of nitrogens with one attached hydrogen (secondary N) is 1. The number of nitrogen functional groups attached to an aromatic ring is 1. The summed E-state index contributed by atoms with van der Waals surface area (Å²) in [5.74, 6) is 4.31. The highest BCUT2D eigenvalue weighted by Gasteiger charge is 2.26. The molecule has 1 aromatic rings. The van der Waals surface area contributed by atoms with Crippen molar-refractivity contribution in [2.24, 2.45) is 5.84 Å². The number of halogens is 3. The second-order valence-corrected chi connectivity index (χ2v) is 3.52. The lowest BCUT2D eigenvalue weighted by Crippen LogP contribution is -2.30. The number of carbonyl (C=O) groups excluding carboxylic acids is 1. The number of carbonyl (C=O) groups is 1. The minimum atomic E-state index is -4.18.